The molecule has 1 heterocycles. The minimum atomic E-state index is -0.218. The van der Waals surface area contributed by atoms with Gasteiger partial charge in [0.1, 0.15) is 11.5 Å². The lowest BCUT2D eigenvalue weighted by atomic mass is 9.98. The number of benzene rings is 1. The quantitative estimate of drug-likeness (QED) is 0.600. The van der Waals surface area contributed by atoms with Gasteiger partial charge in [0.2, 0.25) is 0 Å². The van der Waals surface area contributed by atoms with Crippen LogP contribution < -0.4 is 0 Å². The van der Waals surface area contributed by atoms with Crippen molar-refractivity contribution in [3.63, 3.8) is 0 Å². The van der Waals surface area contributed by atoms with Gasteiger partial charge in [-0.15, -0.1) is 11.8 Å². The summed E-state index contributed by atoms with van der Waals surface area (Å²) in [5.74, 6) is -0.218. The predicted octanol–water partition coefficient (Wildman–Crippen LogP) is 4.05. The van der Waals surface area contributed by atoms with E-state index in [1.54, 1.807) is 11.8 Å². The maximum Gasteiger partial charge on any atom is 0.302 e. The molecule has 3 nitrogen and oxygen atoms in total. The Bertz CT molecular complexity index is 466. The number of carbonyl (C=O) groups is 1. The first-order valence-corrected chi connectivity index (χ1v) is 9.03. The molecule has 1 aliphatic rings. The van der Waals surface area contributed by atoms with E-state index in [1.807, 2.05) is 12.3 Å². The van der Waals surface area contributed by atoms with E-state index in [0.29, 0.717) is 0 Å². The van der Waals surface area contributed by atoms with Crippen molar-refractivity contribution in [2.75, 3.05) is 6.26 Å². The molecular weight excluding hydrogens is 340 g/mol. The number of esters is 1. The van der Waals surface area contributed by atoms with Crippen LogP contribution in [-0.4, -0.2) is 23.8 Å². The van der Waals surface area contributed by atoms with Crippen molar-refractivity contribution in [3.8, 4) is 0 Å². The zero-order valence-corrected chi connectivity index (χ0v) is 14.1. The zero-order valence-electron chi connectivity index (χ0n) is 11.7. The van der Waals surface area contributed by atoms with Gasteiger partial charge in [0, 0.05) is 25.1 Å². The van der Waals surface area contributed by atoms with Gasteiger partial charge < -0.3 is 9.47 Å². The SMILES string of the molecule is CS[C@@H]1C[C@H](OC(C)=O)C[C@H](c2cccc(CBr)c2)O1. The fraction of sp³-hybridized carbons (Fsp3) is 0.533. The lowest BCUT2D eigenvalue weighted by Crippen LogP contribution is -2.32. The van der Waals surface area contributed by atoms with Gasteiger partial charge in [-0.1, -0.05) is 40.2 Å². The molecular formula is C15H19BrO3S. The molecule has 3 atom stereocenters. The standard InChI is InChI=1S/C15H19BrO3S/c1-10(17)18-13-7-14(19-15(8-13)20-2)12-5-3-4-11(6-12)9-16/h3-6,13-15H,7-9H2,1-2H3/t13-,14-,15-/m1/s1. The first-order chi connectivity index (χ1) is 9.62. The van der Waals surface area contributed by atoms with Gasteiger partial charge in [0.25, 0.3) is 0 Å². The number of hydrogen-bond acceptors (Lipinski definition) is 4. The van der Waals surface area contributed by atoms with Crippen LogP contribution in [0.2, 0.25) is 0 Å². The predicted molar refractivity (Wildman–Crippen MR) is 85.0 cm³/mol. The molecule has 1 fully saturated rings. The highest BCUT2D eigenvalue weighted by molar-refractivity contribution is 9.08. The second-order valence-corrected chi connectivity index (χ2v) is 6.43. The van der Waals surface area contributed by atoms with Crippen LogP contribution in [-0.2, 0) is 19.6 Å². The number of halogens is 1. The van der Waals surface area contributed by atoms with Crippen LogP contribution in [0, 0.1) is 0 Å². The van der Waals surface area contributed by atoms with Gasteiger partial charge in [-0.2, -0.15) is 0 Å². The minimum Gasteiger partial charge on any atom is -0.462 e. The molecule has 0 spiro atoms. The van der Waals surface area contributed by atoms with Crippen LogP contribution in [0.3, 0.4) is 0 Å². The molecule has 1 aromatic rings. The molecule has 1 aromatic carbocycles. The van der Waals surface area contributed by atoms with Gasteiger partial charge in [-0.25, -0.2) is 0 Å². The third kappa shape index (κ3) is 4.24. The number of alkyl halides is 1. The lowest BCUT2D eigenvalue weighted by molar-refractivity contribution is -0.155. The van der Waals surface area contributed by atoms with Crippen LogP contribution in [0.1, 0.15) is 37.0 Å². The number of carbonyl (C=O) groups excluding carboxylic acids is 1. The molecule has 1 aliphatic heterocycles. The van der Waals surface area contributed by atoms with Gasteiger partial charge in [0.05, 0.1) is 6.10 Å². The molecule has 0 radical (unpaired) electrons. The van der Waals surface area contributed by atoms with Crippen LogP contribution in [0.4, 0.5) is 0 Å². The fourth-order valence-electron chi connectivity index (χ4n) is 2.42. The fourth-order valence-corrected chi connectivity index (χ4v) is 3.42. The summed E-state index contributed by atoms with van der Waals surface area (Å²) in [6, 6.07) is 8.34. The van der Waals surface area contributed by atoms with Gasteiger partial charge in [-0.05, 0) is 17.4 Å². The number of ether oxygens (including phenoxy) is 2. The van der Waals surface area contributed by atoms with E-state index >= 15 is 0 Å². The van der Waals surface area contributed by atoms with Gasteiger partial charge in [0.15, 0.2) is 0 Å². The summed E-state index contributed by atoms with van der Waals surface area (Å²) in [6.45, 7) is 1.46. The molecule has 0 bridgehead atoms. The molecule has 5 heteroatoms. The smallest absolute Gasteiger partial charge is 0.302 e. The first-order valence-electron chi connectivity index (χ1n) is 6.62. The maximum atomic E-state index is 11.2. The van der Waals surface area contributed by atoms with E-state index in [2.05, 4.69) is 34.1 Å². The topological polar surface area (TPSA) is 35.5 Å². The molecule has 20 heavy (non-hydrogen) atoms. The summed E-state index contributed by atoms with van der Waals surface area (Å²) < 4.78 is 11.5. The van der Waals surface area contributed by atoms with Gasteiger partial charge in [-0.3, -0.25) is 4.79 Å². The zero-order chi connectivity index (χ0) is 14.5. The van der Waals surface area contributed by atoms with Crippen molar-refractivity contribution < 1.29 is 14.3 Å². The minimum absolute atomic E-state index is 0.00968. The van der Waals surface area contributed by atoms with Crippen molar-refractivity contribution in [1.82, 2.24) is 0 Å². The van der Waals surface area contributed by atoms with Crippen molar-refractivity contribution in [1.29, 1.82) is 0 Å². The number of thioether (sulfide) groups is 1. The number of hydrogen-bond donors (Lipinski definition) is 0. The Morgan fingerprint density at radius 1 is 1.50 bits per heavy atom. The summed E-state index contributed by atoms with van der Waals surface area (Å²) in [5, 5.41) is 0.826. The molecule has 0 saturated carbocycles. The summed E-state index contributed by atoms with van der Waals surface area (Å²) in [7, 11) is 0. The van der Waals surface area contributed by atoms with Crippen LogP contribution in [0.25, 0.3) is 0 Å². The highest BCUT2D eigenvalue weighted by Gasteiger charge is 2.31. The Hall–Kier alpha value is -0.520. The van der Waals surface area contributed by atoms with Crippen molar-refractivity contribution in [2.45, 2.75) is 42.7 Å². The van der Waals surface area contributed by atoms with Gasteiger partial charge >= 0.3 is 5.97 Å². The van der Waals surface area contributed by atoms with E-state index in [0.717, 1.165) is 23.7 Å². The molecule has 0 aromatic heterocycles. The average Bonchev–Trinajstić information content (AvgIpc) is 2.46. The second-order valence-electron chi connectivity index (χ2n) is 4.87. The molecule has 0 unspecified atom stereocenters. The average molecular weight is 359 g/mol. The Morgan fingerprint density at radius 3 is 2.95 bits per heavy atom. The Kier molecular flexibility index (Phi) is 5.93. The Labute approximate surface area is 132 Å². The molecule has 110 valence electrons. The van der Waals surface area contributed by atoms with E-state index < -0.39 is 0 Å². The third-order valence-electron chi connectivity index (χ3n) is 3.32. The van der Waals surface area contributed by atoms with Crippen LogP contribution in [0.5, 0.6) is 0 Å². The van der Waals surface area contributed by atoms with E-state index in [9.17, 15) is 4.79 Å². The molecule has 0 aliphatic carbocycles. The molecule has 0 amide bonds. The first kappa shape index (κ1) is 15.9. The summed E-state index contributed by atoms with van der Waals surface area (Å²) in [5.41, 5.74) is 2.45. The molecule has 0 N–H and O–H groups in total. The second kappa shape index (κ2) is 7.48. The molecule has 1 saturated heterocycles. The van der Waals surface area contributed by atoms with Crippen molar-refractivity contribution >= 4 is 33.7 Å². The highest BCUT2D eigenvalue weighted by atomic mass is 79.9. The van der Waals surface area contributed by atoms with E-state index in [4.69, 9.17) is 9.47 Å². The third-order valence-corrected chi connectivity index (χ3v) is 4.80. The number of rotatable bonds is 4. The highest BCUT2D eigenvalue weighted by Crippen LogP contribution is 2.36. The van der Waals surface area contributed by atoms with E-state index in [-0.39, 0.29) is 23.6 Å². The van der Waals surface area contributed by atoms with E-state index in [1.165, 1.54) is 12.5 Å². The monoisotopic (exact) mass is 358 g/mol. The van der Waals surface area contributed by atoms with Crippen molar-refractivity contribution in [2.24, 2.45) is 0 Å². The Morgan fingerprint density at radius 2 is 2.30 bits per heavy atom. The molecule has 2 rings (SSSR count). The summed E-state index contributed by atoms with van der Waals surface area (Å²) >= 11 is 5.13. The summed E-state index contributed by atoms with van der Waals surface area (Å²) in [4.78, 5) is 11.2. The van der Waals surface area contributed by atoms with Crippen LogP contribution >= 0.6 is 27.7 Å². The lowest BCUT2D eigenvalue weighted by Gasteiger charge is -2.34. The maximum absolute atomic E-state index is 11.2. The summed E-state index contributed by atoms with van der Waals surface area (Å²) in [6.07, 6.45) is 3.44. The largest absolute Gasteiger partial charge is 0.462 e. The Balaban J connectivity index is 2.14. The van der Waals surface area contributed by atoms with Crippen LogP contribution in [0.15, 0.2) is 24.3 Å². The normalized spacial score (nSPS) is 26.2. The van der Waals surface area contributed by atoms with Crippen molar-refractivity contribution in [3.05, 3.63) is 35.4 Å².